The molecular formula is C22H22FN5O2. The van der Waals surface area contributed by atoms with Gasteiger partial charge in [-0.1, -0.05) is 6.07 Å². The molecule has 154 valence electrons. The second-order valence-corrected chi connectivity index (χ2v) is 6.73. The highest BCUT2D eigenvalue weighted by Gasteiger charge is 2.10. The van der Waals surface area contributed by atoms with E-state index >= 15 is 0 Å². The Kier molecular flexibility index (Phi) is 5.38. The third kappa shape index (κ3) is 3.98. The molecule has 0 atom stereocenters. The molecule has 7 nitrogen and oxygen atoms in total. The van der Waals surface area contributed by atoms with Gasteiger partial charge in [0.15, 0.2) is 11.5 Å². The summed E-state index contributed by atoms with van der Waals surface area (Å²) in [5.41, 5.74) is 3.50. The summed E-state index contributed by atoms with van der Waals surface area (Å²) in [6.07, 6.45) is 1.71. The quantitative estimate of drug-likeness (QED) is 0.471. The maximum Gasteiger partial charge on any atom is 0.203 e. The van der Waals surface area contributed by atoms with Crippen LogP contribution in [0.25, 0.3) is 11.0 Å². The second kappa shape index (κ2) is 8.28. The van der Waals surface area contributed by atoms with Crippen molar-refractivity contribution in [2.75, 3.05) is 24.9 Å². The molecule has 0 aliphatic carbocycles. The fraction of sp³-hybridized carbons (Fsp3) is 0.182. The van der Waals surface area contributed by atoms with Crippen LogP contribution in [0.2, 0.25) is 0 Å². The van der Waals surface area contributed by atoms with Gasteiger partial charge in [-0.15, -0.1) is 0 Å². The molecule has 4 aromatic rings. The van der Waals surface area contributed by atoms with Gasteiger partial charge in [0, 0.05) is 25.3 Å². The number of fused-ring (bicyclic) bond motifs is 1. The monoisotopic (exact) mass is 407 g/mol. The maximum absolute atomic E-state index is 13.1. The van der Waals surface area contributed by atoms with E-state index in [2.05, 4.69) is 20.6 Å². The number of imidazole rings is 1. The molecule has 2 aromatic carbocycles. The highest BCUT2D eigenvalue weighted by atomic mass is 19.1. The zero-order chi connectivity index (χ0) is 21.1. The summed E-state index contributed by atoms with van der Waals surface area (Å²) in [4.78, 5) is 9.02. The molecule has 2 aromatic heterocycles. The number of nitrogens with zero attached hydrogens (tertiary/aromatic N) is 3. The van der Waals surface area contributed by atoms with Crippen molar-refractivity contribution in [2.24, 2.45) is 7.05 Å². The Morgan fingerprint density at radius 3 is 2.50 bits per heavy atom. The third-order valence-electron chi connectivity index (χ3n) is 4.78. The number of nitrogens with one attached hydrogen (secondary N) is 2. The van der Waals surface area contributed by atoms with Crippen LogP contribution in [-0.2, 0) is 13.6 Å². The summed E-state index contributed by atoms with van der Waals surface area (Å²) in [5.74, 6) is 2.48. The SMILES string of the molecule is COc1ccc(CNc2nc3cnc(Nc4ccc(F)cc4)cc3n2C)cc1OC. The van der Waals surface area contributed by atoms with Crippen molar-refractivity contribution in [1.82, 2.24) is 14.5 Å². The van der Waals surface area contributed by atoms with E-state index in [9.17, 15) is 4.39 Å². The van der Waals surface area contributed by atoms with Gasteiger partial charge in [0.05, 0.1) is 25.9 Å². The van der Waals surface area contributed by atoms with Crippen LogP contribution in [0, 0.1) is 5.82 Å². The molecule has 4 rings (SSSR count). The van der Waals surface area contributed by atoms with Crippen LogP contribution < -0.4 is 20.1 Å². The maximum atomic E-state index is 13.1. The second-order valence-electron chi connectivity index (χ2n) is 6.73. The number of rotatable bonds is 7. The van der Waals surface area contributed by atoms with Crippen LogP contribution in [0.15, 0.2) is 54.7 Å². The molecular weight excluding hydrogens is 385 g/mol. The van der Waals surface area contributed by atoms with Gasteiger partial charge in [-0.3, -0.25) is 0 Å². The summed E-state index contributed by atoms with van der Waals surface area (Å²) in [7, 11) is 5.17. The standard InChI is InChI=1S/C22H22FN5O2/c1-28-18-11-21(26-16-7-5-15(23)6-8-16)24-13-17(18)27-22(28)25-12-14-4-9-19(29-2)20(10-14)30-3/h4-11,13H,12H2,1-3H3,(H,24,26)(H,25,27). The molecule has 0 spiro atoms. The third-order valence-corrected chi connectivity index (χ3v) is 4.78. The van der Waals surface area contributed by atoms with Gasteiger partial charge in [-0.2, -0.15) is 0 Å². The van der Waals surface area contributed by atoms with Gasteiger partial charge in [0.2, 0.25) is 5.95 Å². The molecule has 0 saturated heterocycles. The van der Waals surface area contributed by atoms with Crippen LogP contribution >= 0.6 is 0 Å². The summed E-state index contributed by atoms with van der Waals surface area (Å²) in [5, 5.41) is 6.52. The Morgan fingerprint density at radius 1 is 1.00 bits per heavy atom. The lowest BCUT2D eigenvalue weighted by Gasteiger charge is -2.11. The fourth-order valence-electron chi connectivity index (χ4n) is 3.17. The molecule has 0 aliphatic heterocycles. The first-order valence-corrected chi connectivity index (χ1v) is 9.37. The van der Waals surface area contributed by atoms with Gasteiger partial charge >= 0.3 is 0 Å². The van der Waals surface area contributed by atoms with Crippen LogP contribution in [0.4, 0.5) is 21.8 Å². The number of benzene rings is 2. The van der Waals surface area contributed by atoms with E-state index in [0.717, 1.165) is 28.2 Å². The Labute approximate surface area is 173 Å². The largest absolute Gasteiger partial charge is 0.493 e. The zero-order valence-electron chi connectivity index (χ0n) is 16.9. The molecule has 8 heteroatoms. The van der Waals surface area contributed by atoms with Crippen LogP contribution in [0.1, 0.15) is 5.56 Å². The molecule has 0 unspecified atom stereocenters. The van der Waals surface area contributed by atoms with Crippen molar-refractivity contribution in [2.45, 2.75) is 6.54 Å². The lowest BCUT2D eigenvalue weighted by molar-refractivity contribution is 0.354. The minimum atomic E-state index is -0.277. The number of pyridine rings is 1. The van der Waals surface area contributed by atoms with Gasteiger partial charge < -0.3 is 24.7 Å². The normalized spacial score (nSPS) is 10.8. The molecule has 0 aliphatic rings. The summed E-state index contributed by atoms with van der Waals surface area (Å²) in [6, 6.07) is 13.8. The molecule has 0 amide bonds. The minimum Gasteiger partial charge on any atom is -0.493 e. The first-order valence-electron chi connectivity index (χ1n) is 9.37. The molecule has 2 heterocycles. The van der Waals surface area contributed by atoms with E-state index in [-0.39, 0.29) is 5.82 Å². The smallest absolute Gasteiger partial charge is 0.203 e. The van der Waals surface area contributed by atoms with E-state index < -0.39 is 0 Å². The Morgan fingerprint density at radius 2 is 1.77 bits per heavy atom. The first kappa shape index (κ1) is 19.5. The number of halogens is 1. The lowest BCUT2D eigenvalue weighted by Crippen LogP contribution is -2.05. The molecule has 0 bridgehead atoms. The molecule has 0 radical (unpaired) electrons. The summed E-state index contributed by atoms with van der Waals surface area (Å²) >= 11 is 0. The highest BCUT2D eigenvalue weighted by Crippen LogP contribution is 2.28. The summed E-state index contributed by atoms with van der Waals surface area (Å²) in [6.45, 7) is 0.575. The lowest BCUT2D eigenvalue weighted by atomic mass is 10.2. The van der Waals surface area contributed by atoms with Crippen molar-refractivity contribution in [3.8, 4) is 11.5 Å². The number of aromatic nitrogens is 3. The van der Waals surface area contributed by atoms with E-state index in [4.69, 9.17) is 9.47 Å². The van der Waals surface area contributed by atoms with Gasteiger partial charge in [0.25, 0.3) is 0 Å². The number of ether oxygens (including phenoxy) is 2. The zero-order valence-corrected chi connectivity index (χ0v) is 16.9. The fourth-order valence-corrected chi connectivity index (χ4v) is 3.17. The number of methoxy groups -OCH3 is 2. The molecule has 0 fully saturated rings. The topological polar surface area (TPSA) is 73.2 Å². The van der Waals surface area contributed by atoms with E-state index in [1.165, 1.54) is 12.1 Å². The number of anilines is 3. The van der Waals surface area contributed by atoms with E-state index in [1.807, 2.05) is 35.9 Å². The van der Waals surface area contributed by atoms with Crippen LogP contribution in [-0.4, -0.2) is 28.8 Å². The number of hydrogen-bond donors (Lipinski definition) is 2. The highest BCUT2D eigenvalue weighted by molar-refractivity contribution is 5.81. The predicted octanol–water partition coefficient (Wildman–Crippen LogP) is 4.48. The van der Waals surface area contributed by atoms with Gasteiger partial charge in [-0.05, 0) is 42.0 Å². The first-order chi connectivity index (χ1) is 14.6. The Balaban J connectivity index is 1.52. The Bertz CT molecular complexity index is 1170. The van der Waals surface area contributed by atoms with Crippen molar-refractivity contribution in [1.29, 1.82) is 0 Å². The van der Waals surface area contributed by atoms with Gasteiger partial charge in [0.1, 0.15) is 17.2 Å². The molecule has 30 heavy (non-hydrogen) atoms. The van der Waals surface area contributed by atoms with Crippen molar-refractivity contribution in [3.63, 3.8) is 0 Å². The minimum absolute atomic E-state index is 0.277. The Hall–Kier alpha value is -3.81. The van der Waals surface area contributed by atoms with Crippen molar-refractivity contribution < 1.29 is 13.9 Å². The average Bonchev–Trinajstić information content (AvgIpc) is 3.08. The van der Waals surface area contributed by atoms with Crippen molar-refractivity contribution in [3.05, 3.63) is 66.1 Å². The molecule has 2 N–H and O–H groups in total. The predicted molar refractivity (Wildman–Crippen MR) is 115 cm³/mol. The number of aryl methyl sites for hydroxylation is 1. The van der Waals surface area contributed by atoms with Crippen molar-refractivity contribution >= 4 is 28.5 Å². The van der Waals surface area contributed by atoms with Crippen LogP contribution in [0.3, 0.4) is 0 Å². The number of hydrogen-bond acceptors (Lipinski definition) is 6. The summed E-state index contributed by atoms with van der Waals surface area (Å²) < 4.78 is 25.7. The van der Waals surface area contributed by atoms with Gasteiger partial charge in [-0.25, -0.2) is 14.4 Å². The van der Waals surface area contributed by atoms with E-state index in [0.29, 0.717) is 23.9 Å². The molecule has 0 saturated carbocycles. The van der Waals surface area contributed by atoms with Crippen LogP contribution in [0.5, 0.6) is 11.5 Å². The average molecular weight is 407 g/mol. The van der Waals surface area contributed by atoms with E-state index in [1.54, 1.807) is 32.5 Å².